The summed E-state index contributed by atoms with van der Waals surface area (Å²) in [5.41, 5.74) is -0.307. The number of unbranched alkanes of at least 4 members (excludes halogenated alkanes) is 1. The Labute approximate surface area is 115 Å². The Hall–Kier alpha value is -1.26. The molecule has 0 saturated carbocycles. The van der Waals surface area contributed by atoms with Crippen LogP contribution in [0.1, 0.15) is 53.9 Å². The fourth-order valence-corrected chi connectivity index (χ4v) is 1.96. The van der Waals surface area contributed by atoms with Crippen LogP contribution in [0.2, 0.25) is 0 Å². The van der Waals surface area contributed by atoms with Gasteiger partial charge < -0.3 is 14.7 Å². The van der Waals surface area contributed by atoms with Gasteiger partial charge in [0.05, 0.1) is 19.1 Å². The van der Waals surface area contributed by atoms with Crippen LogP contribution in [0.4, 0.5) is 4.79 Å². The van der Waals surface area contributed by atoms with E-state index in [0.29, 0.717) is 13.2 Å². The quantitative estimate of drug-likeness (QED) is 0.773. The molecule has 0 aromatic rings. The Morgan fingerprint density at radius 3 is 2.21 bits per heavy atom. The van der Waals surface area contributed by atoms with Gasteiger partial charge in [-0.15, -0.1) is 0 Å². The predicted octanol–water partition coefficient (Wildman–Crippen LogP) is 3.13. The first-order chi connectivity index (χ1) is 8.73. The monoisotopic (exact) mass is 273 g/mol. The minimum atomic E-state index is -0.897. The lowest BCUT2D eigenvalue weighted by atomic mass is 9.83. The third-order valence-electron chi connectivity index (χ3n) is 3.00. The smallest absolute Gasteiger partial charge is 0.410 e. The SMILES string of the molecule is CCCCN(C(=O)OCC)C(CC(=O)O)C(C)(C)C. The van der Waals surface area contributed by atoms with Gasteiger partial charge in [0.2, 0.25) is 0 Å². The van der Waals surface area contributed by atoms with Crippen LogP contribution in [0.5, 0.6) is 0 Å². The molecule has 1 atom stereocenters. The minimum absolute atomic E-state index is 0.0635. The Balaban J connectivity index is 5.10. The first-order valence-electron chi connectivity index (χ1n) is 6.89. The van der Waals surface area contributed by atoms with Gasteiger partial charge in [0, 0.05) is 6.54 Å². The number of carboxylic acid groups (broad SMARTS) is 1. The fraction of sp³-hybridized carbons (Fsp3) is 0.857. The van der Waals surface area contributed by atoms with E-state index in [1.54, 1.807) is 11.8 Å². The highest BCUT2D eigenvalue weighted by molar-refractivity contribution is 5.71. The van der Waals surface area contributed by atoms with E-state index in [1.807, 2.05) is 27.7 Å². The number of hydrogen-bond acceptors (Lipinski definition) is 3. The molecular weight excluding hydrogens is 246 g/mol. The maximum atomic E-state index is 12.0. The number of carboxylic acids is 1. The van der Waals surface area contributed by atoms with Gasteiger partial charge >= 0.3 is 12.1 Å². The summed E-state index contributed by atoms with van der Waals surface area (Å²) in [5, 5.41) is 9.05. The van der Waals surface area contributed by atoms with E-state index in [-0.39, 0.29) is 17.9 Å². The molecule has 1 amide bonds. The van der Waals surface area contributed by atoms with Gasteiger partial charge in [-0.2, -0.15) is 0 Å². The Kier molecular flexibility index (Phi) is 7.49. The largest absolute Gasteiger partial charge is 0.481 e. The second kappa shape index (κ2) is 8.02. The van der Waals surface area contributed by atoms with E-state index in [4.69, 9.17) is 9.84 Å². The number of rotatable bonds is 7. The standard InChI is InChI=1S/C14H27NO4/c1-6-8-9-15(13(18)19-7-2)11(10-12(16)17)14(3,4)5/h11H,6-10H2,1-5H3,(H,16,17). The van der Waals surface area contributed by atoms with Crippen LogP contribution < -0.4 is 0 Å². The zero-order valence-electron chi connectivity index (χ0n) is 12.7. The summed E-state index contributed by atoms with van der Waals surface area (Å²) >= 11 is 0. The van der Waals surface area contributed by atoms with Crippen LogP contribution in [-0.4, -0.2) is 41.3 Å². The van der Waals surface area contributed by atoms with Gasteiger partial charge in [-0.05, 0) is 18.8 Å². The molecule has 0 aromatic carbocycles. The molecule has 0 saturated heterocycles. The number of carbonyl (C=O) groups excluding carboxylic acids is 1. The Morgan fingerprint density at radius 1 is 1.26 bits per heavy atom. The van der Waals surface area contributed by atoms with E-state index in [0.717, 1.165) is 12.8 Å². The molecule has 0 bridgehead atoms. The zero-order valence-corrected chi connectivity index (χ0v) is 12.7. The second-order valence-electron chi connectivity index (χ2n) is 5.73. The molecule has 0 aliphatic carbocycles. The lowest BCUT2D eigenvalue weighted by Crippen LogP contribution is -2.49. The van der Waals surface area contributed by atoms with E-state index >= 15 is 0 Å². The van der Waals surface area contributed by atoms with Gasteiger partial charge in [0.15, 0.2) is 0 Å². The summed E-state index contributed by atoms with van der Waals surface area (Å²) in [7, 11) is 0. The number of nitrogens with zero attached hydrogens (tertiary/aromatic N) is 1. The summed E-state index contributed by atoms with van der Waals surface area (Å²) in [6.07, 6.45) is 1.30. The van der Waals surface area contributed by atoms with E-state index in [9.17, 15) is 9.59 Å². The number of aliphatic carboxylic acids is 1. The van der Waals surface area contributed by atoms with Crippen molar-refractivity contribution in [1.82, 2.24) is 4.90 Å². The second-order valence-corrected chi connectivity index (χ2v) is 5.73. The Bertz CT molecular complexity index is 296. The predicted molar refractivity (Wildman–Crippen MR) is 74.1 cm³/mol. The molecule has 0 fully saturated rings. The summed E-state index contributed by atoms with van der Waals surface area (Å²) < 4.78 is 5.05. The molecule has 1 unspecified atom stereocenters. The lowest BCUT2D eigenvalue weighted by Gasteiger charge is -2.38. The lowest BCUT2D eigenvalue weighted by molar-refractivity contribution is -0.139. The van der Waals surface area contributed by atoms with Gasteiger partial charge in [-0.3, -0.25) is 4.79 Å². The molecule has 0 aromatic heterocycles. The molecule has 19 heavy (non-hydrogen) atoms. The molecule has 0 rings (SSSR count). The molecule has 1 N–H and O–H groups in total. The topological polar surface area (TPSA) is 66.8 Å². The molecule has 5 nitrogen and oxygen atoms in total. The summed E-state index contributed by atoms with van der Waals surface area (Å²) in [5.74, 6) is -0.897. The van der Waals surface area contributed by atoms with Crippen molar-refractivity contribution in [2.45, 2.75) is 59.9 Å². The average molecular weight is 273 g/mol. The molecule has 0 aliphatic heterocycles. The van der Waals surface area contributed by atoms with Crippen molar-refractivity contribution in [2.24, 2.45) is 5.41 Å². The maximum absolute atomic E-state index is 12.0. The molecule has 0 radical (unpaired) electrons. The van der Waals surface area contributed by atoms with Crippen molar-refractivity contribution >= 4 is 12.1 Å². The van der Waals surface area contributed by atoms with Crippen molar-refractivity contribution in [3.8, 4) is 0 Å². The highest BCUT2D eigenvalue weighted by Crippen LogP contribution is 2.28. The fourth-order valence-electron chi connectivity index (χ4n) is 1.96. The van der Waals surface area contributed by atoms with Crippen molar-refractivity contribution in [3.05, 3.63) is 0 Å². The number of hydrogen-bond donors (Lipinski definition) is 1. The van der Waals surface area contributed by atoms with Crippen molar-refractivity contribution in [2.75, 3.05) is 13.2 Å². The number of amides is 1. The van der Waals surface area contributed by atoms with Crippen LogP contribution >= 0.6 is 0 Å². The highest BCUT2D eigenvalue weighted by atomic mass is 16.6. The van der Waals surface area contributed by atoms with Crippen molar-refractivity contribution in [1.29, 1.82) is 0 Å². The first kappa shape index (κ1) is 17.7. The van der Waals surface area contributed by atoms with Gasteiger partial charge in [0.25, 0.3) is 0 Å². The summed E-state index contributed by atoms with van der Waals surface area (Å²) in [4.78, 5) is 24.6. The van der Waals surface area contributed by atoms with Crippen LogP contribution in [0, 0.1) is 5.41 Å². The van der Waals surface area contributed by atoms with E-state index < -0.39 is 12.1 Å². The molecular formula is C14H27NO4. The molecule has 0 spiro atoms. The van der Waals surface area contributed by atoms with Crippen LogP contribution in [0.25, 0.3) is 0 Å². The van der Waals surface area contributed by atoms with Gasteiger partial charge in [0.1, 0.15) is 0 Å². The number of carbonyl (C=O) groups is 2. The van der Waals surface area contributed by atoms with E-state index in [2.05, 4.69) is 0 Å². The van der Waals surface area contributed by atoms with Crippen molar-refractivity contribution in [3.63, 3.8) is 0 Å². The van der Waals surface area contributed by atoms with Crippen LogP contribution in [0.3, 0.4) is 0 Å². The van der Waals surface area contributed by atoms with Crippen molar-refractivity contribution < 1.29 is 19.4 Å². The normalized spacial score (nSPS) is 12.9. The maximum Gasteiger partial charge on any atom is 0.410 e. The summed E-state index contributed by atoms with van der Waals surface area (Å²) in [6.45, 7) is 10.4. The first-order valence-corrected chi connectivity index (χ1v) is 6.89. The molecule has 0 heterocycles. The molecule has 0 aliphatic rings. The molecule has 112 valence electrons. The average Bonchev–Trinajstić information content (AvgIpc) is 2.26. The third kappa shape index (κ3) is 6.45. The van der Waals surface area contributed by atoms with Crippen LogP contribution in [-0.2, 0) is 9.53 Å². The summed E-state index contributed by atoms with van der Waals surface area (Å²) in [6, 6.07) is -0.365. The number of ether oxygens (including phenoxy) is 1. The highest BCUT2D eigenvalue weighted by Gasteiger charge is 2.35. The molecule has 5 heteroatoms. The zero-order chi connectivity index (χ0) is 15.1. The van der Waals surface area contributed by atoms with Gasteiger partial charge in [-0.1, -0.05) is 34.1 Å². The third-order valence-corrected chi connectivity index (χ3v) is 3.00. The van der Waals surface area contributed by atoms with E-state index in [1.165, 1.54) is 0 Å². The Morgan fingerprint density at radius 2 is 1.84 bits per heavy atom. The minimum Gasteiger partial charge on any atom is -0.481 e. The van der Waals surface area contributed by atoms with Crippen LogP contribution in [0.15, 0.2) is 0 Å². The van der Waals surface area contributed by atoms with Gasteiger partial charge in [-0.25, -0.2) is 4.79 Å².